The summed E-state index contributed by atoms with van der Waals surface area (Å²) in [4.78, 5) is 8.78. The fourth-order valence-corrected chi connectivity index (χ4v) is 1.62. The van der Waals surface area contributed by atoms with E-state index >= 15 is 0 Å². The normalized spacial score (nSPS) is 10.8. The van der Waals surface area contributed by atoms with Crippen molar-refractivity contribution in [3.8, 4) is 11.3 Å². The van der Waals surface area contributed by atoms with E-state index < -0.39 is 0 Å². The van der Waals surface area contributed by atoms with Crippen molar-refractivity contribution in [1.29, 1.82) is 0 Å². The number of aryl methyl sites for hydroxylation is 1. The van der Waals surface area contributed by atoms with E-state index in [9.17, 15) is 0 Å². The maximum atomic E-state index is 5.81. The Bertz CT molecular complexity index is 515. The molecule has 0 saturated heterocycles. The lowest BCUT2D eigenvalue weighted by Gasteiger charge is -2.08. The van der Waals surface area contributed by atoms with Crippen molar-refractivity contribution in [1.82, 2.24) is 9.97 Å². The molecule has 0 aliphatic heterocycles. The summed E-state index contributed by atoms with van der Waals surface area (Å²) in [5.41, 5.74) is 9.01. The molecule has 2 N–H and O–H groups in total. The molecule has 1 aromatic carbocycles. The van der Waals surface area contributed by atoms with Crippen LogP contribution in [0.5, 0.6) is 0 Å². The van der Waals surface area contributed by atoms with Gasteiger partial charge in [-0.2, -0.15) is 0 Å². The standard InChI is InChI=1S/C14H17N3/c1-9(2)14-16-12(8-13(15)17-14)11-6-4-10(3)5-7-11/h4-9H,1-3H3,(H2,15,16,17). The smallest absolute Gasteiger partial charge is 0.133 e. The lowest BCUT2D eigenvalue weighted by Crippen LogP contribution is -2.02. The van der Waals surface area contributed by atoms with Crippen molar-refractivity contribution < 1.29 is 0 Å². The third kappa shape index (κ3) is 2.61. The van der Waals surface area contributed by atoms with Crippen LogP contribution in [0.15, 0.2) is 30.3 Å². The first-order valence-electron chi connectivity index (χ1n) is 5.78. The molecule has 0 unspecified atom stereocenters. The molecule has 3 heteroatoms. The Kier molecular flexibility index (Phi) is 3.09. The van der Waals surface area contributed by atoms with E-state index in [1.165, 1.54) is 5.56 Å². The van der Waals surface area contributed by atoms with Crippen molar-refractivity contribution in [2.24, 2.45) is 0 Å². The number of hydrogen-bond donors (Lipinski definition) is 1. The van der Waals surface area contributed by atoms with Gasteiger partial charge in [-0.05, 0) is 6.92 Å². The predicted octanol–water partition coefficient (Wildman–Crippen LogP) is 3.16. The van der Waals surface area contributed by atoms with Crippen LogP contribution in [-0.4, -0.2) is 9.97 Å². The third-order valence-corrected chi connectivity index (χ3v) is 2.63. The van der Waals surface area contributed by atoms with Gasteiger partial charge in [0.25, 0.3) is 0 Å². The maximum Gasteiger partial charge on any atom is 0.133 e. The minimum absolute atomic E-state index is 0.280. The number of hydrogen-bond acceptors (Lipinski definition) is 3. The van der Waals surface area contributed by atoms with E-state index in [-0.39, 0.29) is 5.92 Å². The summed E-state index contributed by atoms with van der Waals surface area (Å²) in [5, 5.41) is 0. The van der Waals surface area contributed by atoms with Crippen LogP contribution in [0.25, 0.3) is 11.3 Å². The summed E-state index contributed by atoms with van der Waals surface area (Å²) in [6.07, 6.45) is 0. The van der Waals surface area contributed by atoms with E-state index in [1.54, 1.807) is 0 Å². The molecule has 1 aromatic heterocycles. The summed E-state index contributed by atoms with van der Waals surface area (Å²) in [5.74, 6) is 1.60. The highest BCUT2D eigenvalue weighted by Gasteiger charge is 2.07. The Morgan fingerprint density at radius 3 is 2.29 bits per heavy atom. The monoisotopic (exact) mass is 227 g/mol. The zero-order chi connectivity index (χ0) is 12.4. The highest BCUT2D eigenvalue weighted by Crippen LogP contribution is 2.21. The lowest BCUT2D eigenvalue weighted by molar-refractivity contribution is 0.779. The molecule has 3 nitrogen and oxygen atoms in total. The minimum atomic E-state index is 0.280. The van der Waals surface area contributed by atoms with Crippen LogP contribution in [0.2, 0.25) is 0 Å². The van der Waals surface area contributed by atoms with E-state index in [1.807, 2.05) is 6.07 Å². The second-order valence-electron chi connectivity index (χ2n) is 4.56. The molecule has 0 bridgehead atoms. The van der Waals surface area contributed by atoms with E-state index in [4.69, 9.17) is 5.73 Å². The van der Waals surface area contributed by atoms with Gasteiger partial charge in [-0.1, -0.05) is 43.7 Å². The van der Waals surface area contributed by atoms with Crippen LogP contribution < -0.4 is 5.73 Å². The molecule has 0 spiro atoms. The largest absolute Gasteiger partial charge is 0.384 e. The van der Waals surface area contributed by atoms with E-state index in [0.717, 1.165) is 17.1 Å². The quantitative estimate of drug-likeness (QED) is 0.857. The number of nitrogens with two attached hydrogens (primary N) is 1. The van der Waals surface area contributed by atoms with Gasteiger partial charge in [0.1, 0.15) is 11.6 Å². The van der Waals surface area contributed by atoms with Gasteiger partial charge in [0.2, 0.25) is 0 Å². The molecule has 2 aromatic rings. The maximum absolute atomic E-state index is 5.81. The van der Waals surface area contributed by atoms with Crippen LogP contribution in [0.3, 0.4) is 0 Å². The molecule has 0 aliphatic carbocycles. The molecule has 0 saturated carbocycles. The molecular weight excluding hydrogens is 210 g/mol. The number of nitrogen functional groups attached to an aromatic ring is 1. The molecule has 0 amide bonds. The topological polar surface area (TPSA) is 51.8 Å². The highest BCUT2D eigenvalue weighted by molar-refractivity contribution is 5.62. The van der Waals surface area contributed by atoms with E-state index in [0.29, 0.717) is 5.82 Å². The zero-order valence-electron chi connectivity index (χ0n) is 10.4. The zero-order valence-corrected chi connectivity index (χ0v) is 10.4. The van der Waals surface area contributed by atoms with Gasteiger partial charge in [-0.15, -0.1) is 0 Å². The number of rotatable bonds is 2. The van der Waals surface area contributed by atoms with Crippen LogP contribution in [0, 0.1) is 6.92 Å². The van der Waals surface area contributed by atoms with Crippen molar-refractivity contribution in [2.75, 3.05) is 5.73 Å². The summed E-state index contributed by atoms with van der Waals surface area (Å²) >= 11 is 0. The number of anilines is 1. The first-order chi connectivity index (χ1) is 8.06. The van der Waals surface area contributed by atoms with Gasteiger partial charge in [-0.3, -0.25) is 0 Å². The molecule has 2 rings (SSSR count). The first-order valence-corrected chi connectivity index (χ1v) is 5.78. The Hall–Kier alpha value is -1.90. The molecule has 1 heterocycles. The second-order valence-corrected chi connectivity index (χ2v) is 4.56. The average Bonchev–Trinajstić information content (AvgIpc) is 2.29. The molecule has 0 atom stereocenters. The SMILES string of the molecule is Cc1ccc(-c2cc(N)nc(C(C)C)n2)cc1. The van der Waals surface area contributed by atoms with Crippen LogP contribution in [0.4, 0.5) is 5.82 Å². The summed E-state index contributed by atoms with van der Waals surface area (Å²) in [7, 11) is 0. The fourth-order valence-electron chi connectivity index (χ4n) is 1.62. The second kappa shape index (κ2) is 4.53. The van der Waals surface area contributed by atoms with Gasteiger partial charge in [0.15, 0.2) is 0 Å². The Morgan fingerprint density at radius 2 is 1.71 bits per heavy atom. The minimum Gasteiger partial charge on any atom is -0.384 e. The molecule has 88 valence electrons. The highest BCUT2D eigenvalue weighted by atomic mass is 14.9. The lowest BCUT2D eigenvalue weighted by atomic mass is 10.1. The first kappa shape index (κ1) is 11.6. The van der Waals surface area contributed by atoms with Crippen molar-refractivity contribution >= 4 is 5.82 Å². The molecule has 0 aliphatic rings. The number of nitrogens with zero attached hydrogens (tertiary/aromatic N) is 2. The van der Waals surface area contributed by atoms with Crippen LogP contribution >= 0.6 is 0 Å². The molecule has 17 heavy (non-hydrogen) atoms. The third-order valence-electron chi connectivity index (χ3n) is 2.63. The number of benzene rings is 1. The van der Waals surface area contributed by atoms with Gasteiger partial charge in [-0.25, -0.2) is 9.97 Å². The Labute approximate surface area is 102 Å². The molecule has 0 radical (unpaired) electrons. The molecule has 0 fully saturated rings. The molecular formula is C14H17N3. The van der Waals surface area contributed by atoms with Gasteiger partial charge >= 0.3 is 0 Å². The van der Waals surface area contributed by atoms with Gasteiger partial charge in [0.05, 0.1) is 5.69 Å². The summed E-state index contributed by atoms with van der Waals surface area (Å²) in [6, 6.07) is 10.1. The Balaban J connectivity index is 2.48. The summed E-state index contributed by atoms with van der Waals surface area (Å²) < 4.78 is 0. The summed E-state index contributed by atoms with van der Waals surface area (Å²) in [6.45, 7) is 6.19. The van der Waals surface area contributed by atoms with E-state index in [2.05, 4.69) is 55.0 Å². The van der Waals surface area contributed by atoms with Crippen molar-refractivity contribution in [3.63, 3.8) is 0 Å². The average molecular weight is 227 g/mol. The fraction of sp³-hybridized carbons (Fsp3) is 0.286. The van der Waals surface area contributed by atoms with Crippen molar-refractivity contribution in [2.45, 2.75) is 26.7 Å². The predicted molar refractivity (Wildman–Crippen MR) is 70.7 cm³/mol. The van der Waals surface area contributed by atoms with Crippen LogP contribution in [-0.2, 0) is 0 Å². The Morgan fingerprint density at radius 1 is 1.06 bits per heavy atom. The van der Waals surface area contributed by atoms with Gasteiger partial charge in [0, 0.05) is 17.5 Å². The number of aromatic nitrogens is 2. The van der Waals surface area contributed by atoms with Crippen molar-refractivity contribution in [3.05, 3.63) is 41.7 Å². The van der Waals surface area contributed by atoms with Crippen LogP contribution in [0.1, 0.15) is 31.2 Å². The van der Waals surface area contributed by atoms with Gasteiger partial charge < -0.3 is 5.73 Å².